The number of nitrogens with one attached hydrogen (secondary N) is 1. The molecule has 0 aliphatic carbocycles. The van der Waals surface area contributed by atoms with Crippen molar-refractivity contribution in [1.29, 1.82) is 0 Å². The van der Waals surface area contributed by atoms with Gasteiger partial charge in [-0.05, 0) is 24.3 Å². The van der Waals surface area contributed by atoms with Gasteiger partial charge in [-0.25, -0.2) is 13.2 Å². The number of hydrogen-bond donors (Lipinski definition) is 2. The van der Waals surface area contributed by atoms with Gasteiger partial charge < -0.3 is 11.1 Å². The molecule has 106 valence electrons. The zero-order chi connectivity index (χ0) is 14.7. The van der Waals surface area contributed by atoms with Gasteiger partial charge in [-0.1, -0.05) is 22.0 Å². The van der Waals surface area contributed by atoms with Gasteiger partial charge in [0.25, 0.3) is 0 Å². The Labute approximate surface area is 122 Å². The molecule has 0 radical (unpaired) electrons. The van der Waals surface area contributed by atoms with Crippen molar-refractivity contribution in [3.63, 3.8) is 0 Å². The Morgan fingerprint density at radius 1 is 1.05 bits per heavy atom. The van der Waals surface area contributed by atoms with Gasteiger partial charge in [0.15, 0.2) is 11.6 Å². The first-order valence-corrected chi connectivity index (χ1v) is 6.67. The second-order valence-electron chi connectivity index (χ2n) is 4.23. The maximum atomic E-state index is 13.7. The van der Waals surface area contributed by atoms with Crippen molar-refractivity contribution in [1.82, 2.24) is 0 Å². The molecule has 0 aromatic heterocycles. The summed E-state index contributed by atoms with van der Waals surface area (Å²) in [6.45, 7) is 0.0362. The summed E-state index contributed by atoms with van der Waals surface area (Å²) >= 11 is 3.31. The minimum absolute atomic E-state index is 0.00799. The average Bonchev–Trinajstić information content (AvgIpc) is 2.40. The molecule has 1 atom stereocenters. The maximum absolute atomic E-state index is 13.7. The molecule has 0 fully saturated rings. The Morgan fingerprint density at radius 3 is 2.40 bits per heavy atom. The van der Waals surface area contributed by atoms with Crippen molar-refractivity contribution < 1.29 is 13.2 Å². The van der Waals surface area contributed by atoms with Gasteiger partial charge in [0.05, 0.1) is 6.04 Å². The van der Waals surface area contributed by atoms with Crippen LogP contribution in [0.1, 0.15) is 11.6 Å². The molecule has 0 amide bonds. The van der Waals surface area contributed by atoms with E-state index in [1.165, 1.54) is 0 Å². The van der Waals surface area contributed by atoms with Crippen LogP contribution in [-0.2, 0) is 0 Å². The van der Waals surface area contributed by atoms with Crippen LogP contribution in [0.15, 0.2) is 40.9 Å². The molecule has 3 N–H and O–H groups in total. The van der Waals surface area contributed by atoms with Crippen molar-refractivity contribution in [2.45, 2.75) is 6.04 Å². The number of anilines is 1. The zero-order valence-corrected chi connectivity index (χ0v) is 11.9. The summed E-state index contributed by atoms with van der Waals surface area (Å²) in [6, 6.07) is 7.87. The Balaban J connectivity index is 2.31. The summed E-state index contributed by atoms with van der Waals surface area (Å²) in [5.41, 5.74) is 6.28. The zero-order valence-electron chi connectivity index (χ0n) is 10.3. The fourth-order valence-electron chi connectivity index (χ4n) is 1.85. The largest absolute Gasteiger partial charge is 0.377 e. The highest BCUT2D eigenvalue weighted by molar-refractivity contribution is 9.10. The highest BCUT2D eigenvalue weighted by Crippen LogP contribution is 2.25. The standard InChI is InChI=1S/C14H12BrF3N2/c15-8-2-1-3-9(4-8)20-14(7-19)10-5-12(17)13(18)6-11(10)16/h1-6,14,20H,7,19H2. The van der Waals surface area contributed by atoms with Gasteiger partial charge in [0.1, 0.15) is 5.82 Å². The first kappa shape index (κ1) is 14.9. The summed E-state index contributed by atoms with van der Waals surface area (Å²) in [5.74, 6) is -3.15. The molecular weight excluding hydrogens is 333 g/mol. The quantitative estimate of drug-likeness (QED) is 0.823. The van der Waals surface area contributed by atoms with E-state index in [1.54, 1.807) is 18.2 Å². The summed E-state index contributed by atoms with van der Waals surface area (Å²) < 4.78 is 40.8. The first-order chi connectivity index (χ1) is 9.51. The summed E-state index contributed by atoms with van der Waals surface area (Å²) in [5, 5.41) is 2.99. The molecule has 0 bridgehead atoms. The van der Waals surface area contributed by atoms with Crippen LogP contribution >= 0.6 is 15.9 Å². The number of hydrogen-bond acceptors (Lipinski definition) is 2. The summed E-state index contributed by atoms with van der Waals surface area (Å²) in [4.78, 5) is 0. The number of rotatable bonds is 4. The van der Waals surface area contributed by atoms with Gasteiger partial charge in [0.2, 0.25) is 0 Å². The predicted octanol–water partition coefficient (Wildman–Crippen LogP) is 3.98. The fraction of sp³-hybridized carbons (Fsp3) is 0.143. The summed E-state index contributed by atoms with van der Waals surface area (Å²) in [6.07, 6.45) is 0. The third kappa shape index (κ3) is 3.32. The monoisotopic (exact) mass is 344 g/mol. The van der Waals surface area contributed by atoms with Crippen LogP contribution in [0, 0.1) is 17.5 Å². The van der Waals surface area contributed by atoms with E-state index in [4.69, 9.17) is 5.73 Å². The van der Waals surface area contributed by atoms with E-state index >= 15 is 0 Å². The number of benzene rings is 2. The molecular formula is C14H12BrF3N2. The lowest BCUT2D eigenvalue weighted by Crippen LogP contribution is -2.22. The van der Waals surface area contributed by atoms with E-state index in [0.29, 0.717) is 11.8 Å². The Morgan fingerprint density at radius 2 is 1.75 bits per heavy atom. The summed E-state index contributed by atoms with van der Waals surface area (Å²) in [7, 11) is 0. The lowest BCUT2D eigenvalue weighted by atomic mass is 10.1. The maximum Gasteiger partial charge on any atom is 0.161 e. The fourth-order valence-corrected chi connectivity index (χ4v) is 2.25. The van der Waals surface area contributed by atoms with Crippen LogP contribution < -0.4 is 11.1 Å². The van der Waals surface area contributed by atoms with Crippen molar-refractivity contribution in [2.75, 3.05) is 11.9 Å². The van der Waals surface area contributed by atoms with Crippen molar-refractivity contribution >= 4 is 21.6 Å². The average molecular weight is 345 g/mol. The third-order valence-electron chi connectivity index (χ3n) is 2.82. The van der Waals surface area contributed by atoms with Crippen LogP contribution in [0.4, 0.5) is 18.9 Å². The normalized spacial score (nSPS) is 12.2. The van der Waals surface area contributed by atoms with Crippen molar-refractivity contribution in [2.24, 2.45) is 5.73 Å². The van der Waals surface area contributed by atoms with E-state index in [9.17, 15) is 13.2 Å². The van der Waals surface area contributed by atoms with Gasteiger partial charge in [0, 0.05) is 28.3 Å². The molecule has 0 saturated carbocycles. The number of halogens is 4. The molecule has 0 aliphatic heterocycles. The minimum Gasteiger partial charge on any atom is -0.377 e. The van der Waals surface area contributed by atoms with E-state index in [1.807, 2.05) is 6.07 Å². The van der Waals surface area contributed by atoms with Crippen molar-refractivity contribution in [3.8, 4) is 0 Å². The van der Waals surface area contributed by atoms with E-state index in [2.05, 4.69) is 21.2 Å². The molecule has 6 heteroatoms. The molecule has 2 aromatic rings. The molecule has 20 heavy (non-hydrogen) atoms. The smallest absolute Gasteiger partial charge is 0.161 e. The second kappa shape index (κ2) is 6.28. The molecule has 0 spiro atoms. The van der Waals surface area contributed by atoms with Crippen LogP contribution in [-0.4, -0.2) is 6.54 Å². The predicted molar refractivity (Wildman–Crippen MR) is 75.9 cm³/mol. The van der Waals surface area contributed by atoms with Crippen LogP contribution in [0.5, 0.6) is 0 Å². The van der Waals surface area contributed by atoms with E-state index < -0.39 is 23.5 Å². The Bertz CT molecular complexity index is 619. The van der Waals surface area contributed by atoms with E-state index in [-0.39, 0.29) is 12.1 Å². The van der Waals surface area contributed by atoms with Gasteiger partial charge in [-0.15, -0.1) is 0 Å². The van der Waals surface area contributed by atoms with Crippen LogP contribution in [0.25, 0.3) is 0 Å². The van der Waals surface area contributed by atoms with Crippen LogP contribution in [0.3, 0.4) is 0 Å². The highest BCUT2D eigenvalue weighted by Gasteiger charge is 2.18. The topological polar surface area (TPSA) is 38.0 Å². The SMILES string of the molecule is NCC(Nc1cccc(Br)c1)c1cc(F)c(F)cc1F. The van der Waals surface area contributed by atoms with Crippen LogP contribution in [0.2, 0.25) is 0 Å². The van der Waals surface area contributed by atoms with Gasteiger partial charge in [-0.2, -0.15) is 0 Å². The first-order valence-electron chi connectivity index (χ1n) is 5.88. The minimum atomic E-state index is -1.22. The molecule has 0 heterocycles. The van der Waals surface area contributed by atoms with Gasteiger partial charge in [-0.3, -0.25) is 0 Å². The lowest BCUT2D eigenvalue weighted by Gasteiger charge is -2.19. The molecule has 2 rings (SSSR count). The Kier molecular flexibility index (Phi) is 4.67. The molecule has 2 aromatic carbocycles. The molecule has 2 nitrogen and oxygen atoms in total. The van der Waals surface area contributed by atoms with E-state index in [0.717, 1.165) is 10.5 Å². The second-order valence-corrected chi connectivity index (χ2v) is 5.15. The van der Waals surface area contributed by atoms with Crippen molar-refractivity contribution in [3.05, 3.63) is 63.9 Å². The lowest BCUT2D eigenvalue weighted by molar-refractivity contribution is 0.486. The molecule has 0 aliphatic rings. The molecule has 0 saturated heterocycles. The molecule has 1 unspecified atom stereocenters. The number of nitrogens with two attached hydrogens (primary N) is 1. The Hall–Kier alpha value is -1.53. The van der Waals surface area contributed by atoms with Gasteiger partial charge >= 0.3 is 0 Å². The highest BCUT2D eigenvalue weighted by atomic mass is 79.9. The third-order valence-corrected chi connectivity index (χ3v) is 3.31.